The topological polar surface area (TPSA) is 60.5 Å². The summed E-state index contributed by atoms with van der Waals surface area (Å²) in [7, 11) is 1.60. The minimum absolute atomic E-state index is 0.333. The summed E-state index contributed by atoms with van der Waals surface area (Å²) in [5.41, 5.74) is 1.94. The second kappa shape index (κ2) is 6.91. The third-order valence-electron chi connectivity index (χ3n) is 2.75. The van der Waals surface area contributed by atoms with Crippen molar-refractivity contribution < 1.29 is 14.3 Å². The first-order valence-electron chi connectivity index (χ1n) is 6.30. The number of aromatic nitrogens is 1. The van der Waals surface area contributed by atoms with Crippen LogP contribution in [-0.4, -0.2) is 24.1 Å². The molecule has 0 aliphatic carbocycles. The Hall–Kier alpha value is -1.60. The molecule has 0 aliphatic heterocycles. The van der Waals surface area contributed by atoms with Crippen molar-refractivity contribution in [1.29, 1.82) is 0 Å². The van der Waals surface area contributed by atoms with Gasteiger partial charge in [-0.05, 0) is 53.4 Å². The van der Waals surface area contributed by atoms with Crippen molar-refractivity contribution in [2.75, 3.05) is 19.0 Å². The van der Waals surface area contributed by atoms with Crippen LogP contribution in [0.1, 0.15) is 23.0 Å². The van der Waals surface area contributed by atoms with Crippen LogP contribution in [0.25, 0.3) is 0 Å². The fraction of sp³-hybridized carbons (Fsp3) is 0.286. The molecular formula is C14H15BrN2O3S. The number of aryl methyl sites for hydroxylation is 1. The molecule has 0 atom stereocenters. The van der Waals surface area contributed by atoms with Gasteiger partial charge in [0, 0.05) is 11.8 Å². The molecule has 0 amide bonds. The Labute approximate surface area is 135 Å². The highest BCUT2D eigenvalue weighted by atomic mass is 79.9. The van der Waals surface area contributed by atoms with E-state index >= 15 is 0 Å². The van der Waals surface area contributed by atoms with Crippen LogP contribution in [0.5, 0.6) is 5.75 Å². The molecule has 7 heteroatoms. The fourth-order valence-corrected chi connectivity index (χ4v) is 2.98. The Morgan fingerprint density at radius 3 is 2.90 bits per heavy atom. The number of ether oxygens (including phenoxy) is 2. The van der Waals surface area contributed by atoms with Gasteiger partial charge in [-0.3, -0.25) is 0 Å². The van der Waals surface area contributed by atoms with E-state index in [1.807, 2.05) is 18.2 Å². The number of carbonyl (C=O) groups excluding carboxylic acids is 1. The van der Waals surface area contributed by atoms with E-state index in [0.717, 1.165) is 10.2 Å². The summed E-state index contributed by atoms with van der Waals surface area (Å²) < 4.78 is 15.4. The zero-order valence-electron chi connectivity index (χ0n) is 11.9. The lowest BCUT2D eigenvalue weighted by molar-refractivity contribution is 0.0527. The first-order chi connectivity index (χ1) is 10.1. The molecule has 5 nitrogen and oxygen atoms in total. The highest BCUT2D eigenvalue weighted by molar-refractivity contribution is 9.10. The van der Waals surface area contributed by atoms with Crippen LogP contribution in [0.15, 0.2) is 22.7 Å². The average molecular weight is 371 g/mol. The summed E-state index contributed by atoms with van der Waals surface area (Å²) in [5.74, 6) is 0.342. The normalized spacial score (nSPS) is 10.3. The summed E-state index contributed by atoms with van der Waals surface area (Å²) in [5, 5.41) is 3.85. The van der Waals surface area contributed by atoms with E-state index < -0.39 is 0 Å². The number of nitrogens with one attached hydrogen (secondary N) is 1. The molecule has 0 radical (unpaired) electrons. The monoisotopic (exact) mass is 370 g/mol. The molecule has 0 aliphatic rings. The van der Waals surface area contributed by atoms with Crippen molar-refractivity contribution in [3.63, 3.8) is 0 Å². The predicted molar refractivity (Wildman–Crippen MR) is 86.8 cm³/mol. The van der Waals surface area contributed by atoms with Crippen LogP contribution in [-0.2, 0) is 4.74 Å². The van der Waals surface area contributed by atoms with E-state index in [4.69, 9.17) is 9.47 Å². The van der Waals surface area contributed by atoms with Crippen molar-refractivity contribution in [2.45, 2.75) is 13.8 Å². The Bertz CT molecular complexity index is 658. The van der Waals surface area contributed by atoms with E-state index in [1.54, 1.807) is 21.0 Å². The number of halogens is 1. The summed E-state index contributed by atoms with van der Waals surface area (Å²) in [6, 6.07) is 5.60. The third-order valence-corrected chi connectivity index (χ3v) is 4.26. The van der Waals surface area contributed by atoms with E-state index in [2.05, 4.69) is 25.6 Å². The summed E-state index contributed by atoms with van der Waals surface area (Å²) in [6.07, 6.45) is 0. The quantitative estimate of drug-likeness (QED) is 0.801. The molecule has 0 bridgehead atoms. The van der Waals surface area contributed by atoms with Crippen LogP contribution in [0.4, 0.5) is 10.7 Å². The minimum atomic E-state index is -0.365. The smallest absolute Gasteiger partial charge is 0.343 e. The van der Waals surface area contributed by atoms with Gasteiger partial charge in [0.25, 0.3) is 0 Å². The van der Waals surface area contributed by atoms with Gasteiger partial charge in [0.2, 0.25) is 0 Å². The van der Waals surface area contributed by atoms with Gasteiger partial charge in [-0.1, -0.05) is 0 Å². The average Bonchev–Trinajstić information content (AvgIpc) is 2.82. The fourth-order valence-electron chi connectivity index (χ4n) is 1.77. The van der Waals surface area contributed by atoms with Gasteiger partial charge in [-0.15, -0.1) is 0 Å². The van der Waals surface area contributed by atoms with Crippen LogP contribution in [0.2, 0.25) is 0 Å². The molecule has 2 aromatic rings. The number of hydrogen-bond donors (Lipinski definition) is 1. The van der Waals surface area contributed by atoms with Gasteiger partial charge in [-0.25, -0.2) is 4.79 Å². The second-order valence-corrected chi connectivity index (χ2v) is 5.79. The predicted octanol–water partition coefficient (Wildman–Crippen LogP) is 4.14. The number of benzene rings is 1. The SMILES string of the molecule is CCOC(=O)c1c(C)nsc1Nc1ccc(Br)c(OC)c1. The van der Waals surface area contributed by atoms with E-state index in [1.165, 1.54) is 11.5 Å². The van der Waals surface area contributed by atoms with Gasteiger partial charge in [0.15, 0.2) is 0 Å². The zero-order valence-corrected chi connectivity index (χ0v) is 14.3. The van der Waals surface area contributed by atoms with Gasteiger partial charge in [0.05, 0.1) is 23.9 Å². The van der Waals surface area contributed by atoms with E-state index in [-0.39, 0.29) is 5.97 Å². The maximum absolute atomic E-state index is 12.0. The lowest BCUT2D eigenvalue weighted by Gasteiger charge is -2.09. The number of hydrogen-bond acceptors (Lipinski definition) is 6. The maximum atomic E-state index is 12.0. The highest BCUT2D eigenvalue weighted by Gasteiger charge is 2.20. The van der Waals surface area contributed by atoms with Crippen molar-refractivity contribution in [2.24, 2.45) is 0 Å². The zero-order chi connectivity index (χ0) is 15.4. The molecule has 1 aromatic heterocycles. The van der Waals surface area contributed by atoms with Crippen molar-refractivity contribution >= 4 is 44.1 Å². The molecule has 1 heterocycles. The number of methoxy groups -OCH3 is 1. The number of anilines is 2. The first-order valence-corrected chi connectivity index (χ1v) is 7.87. The Balaban J connectivity index is 2.30. The minimum Gasteiger partial charge on any atom is -0.495 e. The number of rotatable bonds is 5. The highest BCUT2D eigenvalue weighted by Crippen LogP contribution is 2.32. The molecule has 0 spiro atoms. The first kappa shape index (κ1) is 15.8. The van der Waals surface area contributed by atoms with Crippen molar-refractivity contribution in [3.05, 3.63) is 33.9 Å². The third kappa shape index (κ3) is 3.54. The molecule has 1 N–H and O–H groups in total. The maximum Gasteiger partial charge on any atom is 0.343 e. The van der Waals surface area contributed by atoms with Crippen LogP contribution in [0, 0.1) is 6.92 Å². The molecule has 21 heavy (non-hydrogen) atoms. The molecule has 112 valence electrons. The molecular weight excluding hydrogens is 356 g/mol. The summed E-state index contributed by atoms with van der Waals surface area (Å²) >= 11 is 4.63. The molecule has 0 saturated carbocycles. The second-order valence-electron chi connectivity index (χ2n) is 4.17. The molecule has 2 rings (SSSR count). The molecule has 0 saturated heterocycles. The van der Waals surface area contributed by atoms with Crippen LogP contribution < -0.4 is 10.1 Å². The standard InChI is InChI=1S/C14H15BrN2O3S/c1-4-20-14(18)12-8(2)17-21-13(12)16-9-5-6-10(15)11(7-9)19-3/h5-7,16H,4H2,1-3H3. The van der Waals surface area contributed by atoms with E-state index in [9.17, 15) is 4.79 Å². The van der Waals surface area contributed by atoms with Crippen molar-refractivity contribution in [1.82, 2.24) is 4.37 Å². The van der Waals surface area contributed by atoms with E-state index in [0.29, 0.717) is 28.6 Å². The Morgan fingerprint density at radius 1 is 1.48 bits per heavy atom. The van der Waals surface area contributed by atoms with Gasteiger partial charge in [-0.2, -0.15) is 4.37 Å². The lowest BCUT2D eigenvalue weighted by Crippen LogP contribution is -2.07. The van der Waals surface area contributed by atoms with Gasteiger partial charge in [0.1, 0.15) is 16.3 Å². The summed E-state index contributed by atoms with van der Waals surface area (Å²) in [6.45, 7) is 3.90. The van der Waals surface area contributed by atoms with Gasteiger partial charge >= 0.3 is 5.97 Å². The van der Waals surface area contributed by atoms with Crippen LogP contribution in [0.3, 0.4) is 0 Å². The molecule has 1 aromatic carbocycles. The van der Waals surface area contributed by atoms with Crippen LogP contribution >= 0.6 is 27.5 Å². The van der Waals surface area contributed by atoms with Gasteiger partial charge < -0.3 is 14.8 Å². The van der Waals surface area contributed by atoms with Crippen molar-refractivity contribution in [3.8, 4) is 5.75 Å². The Kier molecular flexibility index (Phi) is 5.19. The largest absolute Gasteiger partial charge is 0.495 e. The lowest BCUT2D eigenvalue weighted by atomic mass is 10.2. The number of esters is 1. The summed E-state index contributed by atoms with van der Waals surface area (Å²) in [4.78, 5) is 12.0. The number of nitrogens with zero attached hydrogens (tertiary/aromatic N) is 1. The Morgan fingerprint density at radius 2 is 2.24 bits per heavy atom. The molecule has 0 unspecified atom stereocenters. The number of carbonyl (C=O) groups is 1. The molecule has 0 fully saturated rings.